The molecule has 0 unspecified atom stereocenters. The summed E-state index contributed by atoms with van der Waals surface area (Å²) in [5, 5.41) is 0. The predicted octanol–water partition coefficient (Wildman–Crippen LogP) is 3.48. The molecule has 0 radical (unpaired) electrons. The van der Waals surface area contributed by atoms with E-state index in [1.165, 1.54) is 16.8 Å². The van der Waals surface area contributed by atoms with Gasteiger partial charge in [0.25, 0.3) is 6.73 Å². The van der Waals surface area contributed by atoms with Crippen molar-refractivity contribution in [3.05, 3.63) is 53.1 Å². The third-order valence-corrected chi connectivity index (χ3v) is 3.79. The molecule has 1 aliphatic heterocycles. The second-order valence-corrected chi connectivity index (χ2v) is 5.78. The summed E-state index contributed by atoms with van der Waals surface area (Å²) in [5.41, 5.74) is 5.95. The van der Waals surface area contributed by atoms with E-state index in [9.17, 15) is 0 Å². The van der Waals surface area contributed by atoms with E-state index in [4.69, 9.17) is 4.74 Å². The highest BCUT2D eigenvalue weighted by Gasteiger charge is 2.20. The Kier molecular flexibility index (Phi) is 3.42. The van der Waals surface area contributed by atoms with Crippen LogP contribution in [0, 0.1) is 13.8 Å². The van der Waals surface area contributed by atoms with Gasteiger partial charge in [0.15, 0.2) is 6.21 Å². The molecule has 1 aliphatic rings. The molecule has 0 saturated carbocycles. The smallest absolute Gasteiger partial charge is 0.292 e. The quantitative estimate of drug-likeness (QED) is 0.783. The van der Waals surface area contributed by atoms with Crippen molar-refractivity contribution in [2.45, 2.75) is 13.8 Å². The Morgan fingerprint density at radius 1 is 1.05 bits per heavy atom. The van der Waals surface area contributed by atoms with Gasteiger partial charge in [-0.1, -0.05) is 6.07 Å². The number of aryl methyl sites for hydroxylation is 2. The number of ether oxygens (including phenoxy) is 1. The van der Waals surface area contributed by atoms with Gasteiger partial charge in [-0.25, -0.2) is 0 Å². The molecule has 3 rings (SSSR count). The van der Waals surface area contributed by atoms with Gasteiger partial charge < -0.3 is 9.64 Å². The molecule has 2 aromatic rings. The average Bonchev–Trinajstić information content (AvgIpc) is 2.46. The molecule has 0 aliphatic carbocycles. The molecule has 3 heteroatoms. The molecule has 0 spiro atoms. The third-order valence-electron chi connectivity index (χ3n) is 3.79. The second-order valence-electron chi connectivity index (χ2n) is 5.78. The van der Waals surface area contributed by atoms with Crippen molar-refractivity contribution in [2.75, 3.05) is 25.7 Å². The first kappa shape index (κ1) is 13.7. The lowest BCUT2D eigenvalue weighted by Crippen LogP contribution is -2.21. The SMILES string of the molecule is Cc1cc(C)c2c(c1)C=[N+](c1ccc(N(C)C)cc1)CO2. The third kappa shape index (κ3) is 2.64. The number of nitrogens with zero attached hydrogens (tertiary/aromatic N) is 2. The van der Waals surface area contributed by atoms with Gasteiger partial charge in [0, 0.05) is 31.9 Å². The Morgan fingerprint density at radius 2 is 1.76 bits per heavy atom. The maximum absolute atomic E-state index is 5.94. The van der Waals surface area contributed by atoms with Crippen LogP contribution in [0.25, 0.3) is 0 Å². The Balaban J connectivity index is 1.98. The molecular weight excluding hydrogens is 260 g/mol. The van der Waals surface area contributed by atoms with Crippen LogP contribution in [-0.4, -0.2) is 31.6 Å². The molecule has 2 aromatic carbocycles. The van der Waals surface area contributed by atoms with E-state index in [1.54, 1.807) is 0 Å². The number of fused-ring (bicyclic) bond motifs is 1. The van der Waals surface area contributed by atoms with Gasteiger partial charge in [-0.3, -0.25) is 0 Å². The standard InChI is InChI=1S/C18H21N2O/c1-13-9-14(2)18-15(10-13)11-20(12-21-18)17-7-5-16(6-8-17)19(3)4/h5-11H,12H2,1-4H3/q+1. The zero-order chi connectivity index (χ0) is 15.0. The van der Waals surface area contributed by atoms with E-state index >= 15 is 0 Å². The molecule has 0 atom stereocenters. The van der Waals surface area contributed by atoms with Crippen LogP contribution >= 0.6 is 0 Å². The van der Waals surface area contributed by atoms with Crippen molar-refractivity contribution in [1.29, 1.82) is 0 Å². The van der Waals surface area contributed by atoms with Gasteiger partial charge in [0.2, 0.25) is 5.69 Å². The summed E-state index contributed by atoms with van der Waals surface area (Å²) < 4.78 is 8.08. The highest BCUT2D eigenvalue weighted by Crippen LogP contribution is 2.28. The summed E-state index contributed by atoms with van der Waals surface area (Å²) in [6.45, 7) is 4.77. The fraction of sp³-hybridized carbons (Fsp3) is 0.278. The Morgan fingerprint density at radius 3 is 2.43 bits per heavy atom. The lowest BCUT2D eigenvalue weighted by molar-refractivity contribution is -0.476. The van der Waals surface area contributed by atoms with Crippen LogP contribution in [0.1, 0.15) is 16.7 Å². The van der Waals surface area contributed by atoms with Crippen molar-refractivity contribution in [3.63, 3.8) is 0 Å². The number of hydrogen-bond donors (Lipinski definition) is 0. The summed E-state index contributed by atoms with van der Waals surface area (Å²) in [6, 6.07) is 12.8. The Bertz CT molecular complexity index is 700. The molecule has 3 nitrogen and oxygen atoms in total. The summed E-state index contributed by atoms with van der Waals surface area (Å²) in [5.74, 6) is 1.00. The van der Waals surface area contributed by atoms with Gasteiger partial charge in [-0.05, 0) is 43.2 Å². The Labute approximate surface area is 126 Å². The van der Waals surface area contributed by atoms with Gasteiger partial charge in [-0.2, -0.15) is 4.58 Å². The van der Waals surface area contributed by atoms with Gasteiger partial charge >= 0.3 is 0 Å². The summed E-state index contributed by atoms with van der Waals surface area (Å²) in [7, 11) is 4.10. The summed E-state index contributed by atoms with van der Waals surface area (Å²) in [6.07, 6.45) is 2.17. The number of anilines is 1. The summed E-state index contributed by atoms with van der Waals surface area (Å²) >= 11 is 0. The molecule has 0 N–H and O–H groups in total. The van der Waals surface area contributed by atoms with Crippen LogP contribution in [0.5, 0.6) is 5.75 Å². The fourth-order valence-electron chi connectivity index (χ4n) is 2.71. The van der Waals surface area contributed by atoms with Crippen LogP contribution in [0.15, 0.2) is 36.4 Å². The van der Waals surface area contributed by atoms with Crippen LogP contribution < -0.4 is 9.64 Å². The van der Waals surface area contributed by atoms with Crippen LogP contribution in [0.3, 0.4) is 0 Å². The highest BCUT2D eigenvalue weighted by atomic mass is 16.5. The van der Waals surface area contributed by atoms with E-state index in [1.807, 2.05) is 14.1 Å². The lowest BCUT2D eigenvalue weighted by atomic mass is 10.1. The zero-order valence-corrected chi connectivity index (χ0v) is 13.1. The van der Waals surface area contributed by atoms with E-state index in [0.717, 1.165) is 17.0 Å². The van der Waals surface area contributed by atoms with Crippen molar-refractivity contribution in [3.8, 4) is 5.75 Å². The van der Waals surface area contributed by atoms with E-state index in [-0.39, 0.29) is 0 Å². The molecule has 0 aromatic heterocycles. The maximum atomic E-state index is 5.94. The normalized spacial score (nSPS) is 13.2. The van der Waals surface area contributed by atoms with Crippen molar-refractivity contribution in [2.24, 2.45) is 0 Å². The van der Waals surface area contributed by atoms with Crippen LogP contribution in [0.4, 0.5) is 11.4 Å². The first-order valence-corrected chi connectivity index (χ1v) is 7.17. The van der Waals surface area contributed by atoms with Crippen molar-refractivity contribution >= 4 is 17.6 Å². The minimum atomic E-state index is 0.554. The van der Waals surface area contributed by atoms with Crippen molar-refractivity contribution < 1.29 is 9.31 Å². The first-order valence-electron chi connectivity index (χ1n) is 7.17. The largest absolute Gasteiger partial charge is 0.435 e. The van der Waals surface area contributed by atoms with Gasteiger partial charge in [0.05, 0.1) is 5.56 Å². The number of benzene rings is 2. The van der Waals surface area contributed by atoms with E-state index in [0.29, 0.717) is 6.73 Å². The second kappa shape index (κ2) is 5.24. The molecule has 0 fully saturated rings. The van der Waals surface area contributed by atoms with Crippen molar-refractivity contribution in [1.82, 2.24) is 0 Å². The first-order chi connectivity index (χ1) is 10.0. The molecule has 21 heavy (non-hydrogen) atoms. The maximum Gasteiger partial charge on any atom is 0.292 e. The number of rotatable bonds is 2. The molecule has 0 amide bonds. The van der Waals surface area contributed by atoms with E-state index < -0.39 is 0 Å². The monoisotopic (exact) mass is 281 g/mol. The molecular formula is C18H21N2O+. The van der Waals surface area contributed by atoms with Crippen LogP contribution in [-0.2, 0) is 0 Å². The zero-order valence-electron chi connectivity index (χ0n) is 13.1. The highest BCUT2D eigenvalue weighted by molar-refractivity contribution is 5.82. The molecule has 1 heterocycles. The van der Waals surface area contributed by atoms with Gasteiger partial charge in [-0.15, -0.1) is 0 Å². The Hall–Kier alpha value is -2.29. The van der Waals surface area contributed by atoms with Gasteiger partial charge in [0.1, 0.15) is 5.75 Å². The minimum Gasteiger partial charge on any atom is -0.435 e. The number of hydrogen-bond acceptors (Lipinski definition) is 2. The lowest BCUT2D eigenvalue weighted by Gasteiger charge is -2.17. The topological polar surface area (TPSA) is 15.5 Å². The minimum absolute atomic E-state index is 0.554. The molecule has 0 bridgehead atoms. The average molecular weight is 281 g/mol. The predicted molar refractivity (Wildman–Crippen MR) is 87.3 cm³/mol. The summed E-state index contributed by atoms with van der Waals surface area (Å²) in [4.78, 5) is 2.10. The molecule has 108 valence electrons. The fourth-order valence-corrected chi connectivity index (χ4v) is 2.71. The van der Waals surface area contributed by atoms with E-state index in [2.05, 4.69) is 65.9 Å². The van der Waals surface area contributed by atoms with Crippen LogP contribution in [0.2, 0.25) is 0 Å². The molecule has 0 saturated heterocycles.